The van der Waals surface area contributed by atoms with Crippen LogP contribution < -0.4 is 5.32 Å². The van der Waals surface area contributed by atoms with Crippen molar-refractivity contribution in [3.63, 3.8) is 0 Å². The van der Waals surface area contributed by atoms with Crippen LogP contribution in [0, 0.1) is 12.3 Å². The minimum atomic E-state index is -0.0466. The lowest BCUT2D eigenvalue weighted by Crippen LogP contribution is -2.42. The van der Waals surface area contributed by atoms with E-state index in [0.717, 1.165) is 45.4 Å². The van der Waals surface area contributed by atoms with Gasteiger partial charge in [0.2, 0.25) is 5.91 Å². The van der Waals surface area contributed by atoms with Gasteiger partial charge in [-0.15, -0.1) is 0 Å². The third kappa shape index (κ3) is 2.39. The molecule has 0 aromatic heterocycles. The number of carbonyl (C=O) groups is 1. The van der Waals surface area contributed by atoms with E-state index in [1.807, 2.05) is 0 Å². The zero-order valence-electron chi connectivity index (χ0n) is 11.6. The maximum Gasteiger partial charge on any atom is 0.229 e. The van der Waals surface area contributed by atoms with E-state index in [0.29, 0.717) is 5.91 Å². The Kier molecular flexibility index (Phi) is 3.31. The highest BCUT2D eigenvalue weighted by Crippen LogP contribution is 2.40. The summed E-state index contributed by atoms with van der Waals surface area (Å²) in [7, 11) is 0. The number of nitrogens with zero attached hydrogens (tertiary/aromatic N) is 1. The predicted molar refractivity (Wildman–Crippen MR) is 75.7 cm³/mol. The first-order chi connectivity index (χ1) is 9.20. The Hall–Kier alpha value is -1.35. The molecule has 2 heterocycles. The molecule has 1 N–H and O–H groups in total. The van der Waals surface area contributed by atoms with Crippen LogP contribution >= 0.6 is 0 Å². The lowest BCUT2D eigenvalue weighted by Gasteiger charge is -2.32. The predicted octanol–water partition coefficient (Wildman–Crippen LogP) is 2.10. The number of rotatable bonds is 2. The number of amides is 1. The molecule has 2 saturated heterocycles. The number of likely N-dealkylation sites (tertiary alicyclic amines) is 1. The Balaban J connectivity index is 1.72. The van der Waals surface area contributed by atoms with Gasteiger partial charge in [0.1, 0.15) is 0 Å². The van der Waals surface area contributed by atoms with Gasteiger partial charge in [0, 0.05) is 13.1 Å². The zero-order chi connectivity index (χ0) is 13.3. The number of benzene rings is 1. The maximum absolute atomic E-state index is 12.7. The lowest BCUT2D eigenvalue weighted by atomic mass is 9.78. The second kappa shape index (κ2) is 4.97. The Bertz CT molecular complexity index is 477. The van der Waals surface area contributed by atoms with Crippen molar-refractivity contribution in [2.24, 2.45) is 5.41 Å². The molecule has 1 amide bonds. The summed E-state index contributed by atoms with van der Waals surface area (Å²) in [4.78, 5) is 14.7. The van der Waals surface area contributed by atoms with Gasteiger partial charge in [-0.3, -0.25) is 4.79 Å². The van der Waals surface area contributed by atoms with Gasteiger partial charge >= 0.3 is 0 Å². The SMILES string of the molecule is Cc1cccc(CN2CCC3(CCNCC3)C2=O)c1. The van der Waals surface area contributed by atoms with Crippen molar-refractivity contribution in [1.29, 1.82) is 0 Å². The molecule has 1 aromatic carbocycles. The van der Waals surface area contributed by atoms with Gasteiger partial charge in [0.25, 0.3) is 0 Å². The van der Waals surface area contributed by atoms with Gasteiger partial charge in [0.05, 0.1) is 5.41 Å². The normalized spacial score (nSPS) is 22.2. The van der Waals surface area contributed by atoms with Gasteiger partial charge in [-0.05, 0) is 44.8 Å². The van der Waals surface area contributed by atoms with Crippen LogP contribution in [-0.4, -0.2) is 30.4 Å². The number of hydrogen-bond donors (Lipinski definition) is 1. The van der Waals surface area contributed by atoms with Gasteiger partial charge < -0.3 is 10.2 Å². The quantitative estimate of drug-likeness (QED) is 0.881. The van der Waals surface area contributed by atoms with Gasteiger partial charge in [-0.2, -0.15) is 0 Å². The molecule has 0 unspecified atom stereocenters. The van der Waals surface area contributed by atoms with E-state index in [4.69, 9.17) is 0 Å². The molecule has 0 aliphatic carbocycles. The minimum absolute atomic E-state index is 0.0466. The zero-order valence-corrected chi connectivity index (χ0v) is 11.6. The van der Waals surface area contributed by atoms with Gasteiger partial charge in [-0.1, -0.05) is 29.8 Å². The Morgan fingerprint density at radius 2 is 2.05 bits per heavy atom. The number of carbonyl (C=O) groups excluding carboxylic acids is 1. The fraction of sp³-hybridized carbons (Fsp3) is 0.562. The highest BCUT2D eigenvalue weighted by molar-refractivity contribution is 5.85. The first-order valence-electron chi connectivity index (χ1n) is 7.25. The number of nitrogens with one attached hydrogen (secondary N) is 1. The van der Waals surface area contributed by atoms with E-state index in [1.165, 1.54) is 11.1 Å². The summed E-state index contributed by atoms with van der Waals surface area (Å²) in [6.07, 6.45) is 3.06. The van der Waals surface area contributed by atoms with Crippen molar-refractivity contribution in [2.75, 3.05) is 19.6 Å². The summed E-state index contributed by atoms with van der Waals surface area (Å²) < 4.78 is 0. The second-order valence-electron chi connectivity index (χ2n) is 6.00. The summed E-state index contributed by atoms with van der Waals surface area (Å²) in [5.74, 6) is 0.385. The van der Waals surface area contributed by atoms with Crippen LogP contribution in [0.2, 0.25) is 0 Å². The van der Waals surface area contributed by atoms with E-state index in [1.54, 1.807) is 0 Å². The lowest BCUT2D eigenvalue weighted by molar-refractivity contribution is -0.137. The molecule has 3 heteroatoms. The van der Waals surface area contributed by atoms with Crippen LogP contribution in [0.4, 0.5) is 0 Å². The molecule has 19 heavy (non-hydrogen) atoms. The maximum atomic E-state index is 12.7. The fourth-order valence-electron chi connectivity index (χ4n) is 3.44. The third-order valence-electron chi connectivity index (χ3n) is 4.62. The van der Waals surface area contributed by atoms with Crippen molar-refractivity contribution in [1.82, 2.24) is 10.2 Å². The largest absolute Gasteiger partial charge is 0.338 e. The highest BCUT2D eigenvalue weighted by atomic mass is 16.2. The first-order valence-corrected chi connectivity index (χ1v) is 7.25. The monoisotopic (exact) mass is 258 g/mol. The van der Waals surface area contributed by atoms with Crippen molar-refractivity contribution >= 4 is 5.91 Å². The van der Waals surface area contributed by atoms with E-state index < -0.39 is 0 Å². The number of hydrogen-bond acceptors (Lipinski definition) is 2. The van der Waals surface area contributed by atoms with Crippen LogP contribution in [0.1, 0.15) is 30.4 Å². The van der Waals surface area contributed by atoms with Crippen LogP contribution in [0.3, 0.4) is 0 Å². The molecule has 2 aliphatic rings. The van der Waals surface area contributed by atoms with E-state index in [2.05, 4.69) is 41.4 Å². The van der Waals surface area contributed by atoms with Crippen molar-refractivity contribution in [3.05, 3.63) is 35.4 Å². The van der Waals surface area contributed by atoms with E-state index >= 15 is 0 Å². The molecule has 2 fully saturated rings. The summed E-state index contributed by atoms with van der Waals surface area (Å²) in [6, 6.07) is 8.48. The Morgan fingerprint density at radius 1 is 1.26 bits per heavy atom. The van der Waals surface area contributed by atoms with Crippen molar-refractivity contribution in [3.8, 4) is 0 Å². The molecule has 3 nitrogen and oxygen atoms in total. The van der Waals surface area contributed by atoms with E-state index in [9.17, 15) is 4.79 Å². The highest BCUT2D eigenvalue weighted by Gasteiger charge is 2.46. The van der Waals surface area contributed by atoms with Crippen LogP contribution in [-0.2, 0) is 11.3 Å². The molecule has 0 bridgehead atoms. The third-order valence-corrected chi connectivity index (χ3v) is 4.62. The average Bonchev–Trinajstić information content (AvgIpc) is 2.70. The van der Waals surface area contributed by atoms with Crippen LogP contribution in [0.25, 0.3) is 0 Å². The minimum Gasteiger partial charge on any atom is -0.338 e. The molecule has 1 spiro atoms. The van der Waals surface area contributed by atoms with Crippen molar-refractivity contribution < 1.29 is 4.79 Å². The number of aryl methyl sites for hydroxylation is 1. The molecule has 102 valence electrons. The van der Waals surface area contributed by atoms with Crippen LogP contribution in [0.5, 0.6) is 0 Å². The molecule has 0 atom stereocenters. The number of piperidine rings is 1. The summed E-state index contributed by atoms with van der Waals surface area (Å²) in [5.41, 5.74) is 2.47. The van der Waals surface area contributed by atoms with E-state index in [-0.39, 0.29) is 5.41 Å². The molecule has 1 aromatic rings. The topological polar surface area (TPSA) is 32.3 Å². The summed E-state index contributed by atoms with van der Waals surface area (Å²) >= 11 is 0. The molecular formula is C16H22N2O. The second-order valence-corrected chi connectivity index (χ2v) is 6.00. The van der Waals surface area contributed by atoms with Gasteiger partial charge in [-0.25, -0.2) is 0 Å². The van der Waals surface area contributed by atoms with Gasteiger partial charge in [0.15, 0.2) is 0 Å². The molecule has 0 saturated carbocycles. The van der Waals surface area contributed by atoms with Crippen molar-refractivity contribution in [2.45, 2.75) is 32.7 Å². The average molecular weight is 258 g/mol. The summed E-state index contributed by atoms with van der Waals surface area (Å²) in [6.45, 7) is 5.78. The first kappa shape index (κ1) is 12.7. The molecule has 0 radical (unpaired) electrons. The Labute approximate surface area is 115 Å². The molecule has 2 aliphatic heterocycles. The molecular weight excluding hydrogens is 236 g/mol. The van der Waals surface area contributed by atoms with Crippen LogP contribution in [0.15, 0.2) is 24.3 Å². The Morgan fingerprint density at radius 3 is 2.79 bits per heavy atom. The smallest absolute Gasteiger partial charge is 0.229 e. The fourth-order valence-corrected chi connectivity index (χ4v) is 3.44. The standard InChI is InChI=1S/C16H22N2O/c1-13-3-2-4-14(11-13)12-18-10-7-16(15(18)19)5-8-17-9-6-16/h2-4,11,17H,5-10,12H2,1H3. The summed E-state index contributed by atoms with van der Waals surface area (Å²) in [5, 5.41) is 3.36. The molecule has 3 rings (SSSR count).